The molecule has 69 heavy (non-hydrogen) atoms. The summed E-state index contributed by atoms with van der Waals surface area (Å²) in [6.07, 6.45) is 0. The van der Waals surface area contributed by atoms with E-state index in [2.05, 4.69) is 264 Å². The van der Waals surface area contributed by atoms with E-state index in [-0.39, 0.29) is 0 Å². The zero-order valence-corrected chi connectivity index (χ0v) is 37.6. The number of nitrogens with zero attached hydrogens (tertiary/aromatic N) is 2. The number of aromatic nitrogens is 1. The van der Waals surface area contributed by atoms with Gasteiger partial charge in [0.25, 0.3) is 0 Å². The van der Waals surface area contributed by atoms with Gasteiger partial charge in [0.1, 0.15) is 11.2 Å². The lowest BCUT2D eigenvalue weighted by Gasteiger charge is -2.26. The van der Waals surface area contributed by atoms with Gasteiger partial charge in [-0.2, -0.15) is 0 Å². The Balaban J connectivity index is 0.868. The molecule has 0 amide bonds. The van der Waals surface area contributed by atoms with Crippen LogP contribution in [0, 0.1) is 0 Å². The van der Waals surface area contributed by atoms with E-state index in [4.69, 9.17) is 4.42 Å². The molecule has 0 saturated carbocycles. The normalized spacial score (nSPS) is 11.8. The van der Waals surface area contributed by atoms with Crippen LogP contribution in [0.1, 0.15) is 0 Å². The Bertz CT molecular complexity index is 4240. The highest BCUT2D eigenvalue weighted by molar-refractivity contribution is 6.19. The summed E-state index contributed by atoms with van der Waals surface area (Å²) in [4.78, 5) is 2.37. The molecule has 12 aromatic carbocycles. The van der Waals surface area contributed by atoms with Crippen molar-refractivity contribution >= 4 is 93.1 Å². The van der Waals surface area contributed by atoms with Gasteiger partial charge in [0.2, 0.25) is 0 Å². The van der Waals surface area contributed by atoms with Crippen LogP contribution in [0.15, 0.2) is 259 Å². The summed E-state index contributed by atoms with van der Waals surface area (Å²) in [6, 6.07) is 92.4. The number of hydrogen-bond acceptors (Lipinski definition) is 2. The van der Waals surface area contributed by atoms with Crippen molar-refractivity contribution in [1.29, 1.82) is 0 Å². The van der Waals surface area contributed by atoms with Crippen LogP contribution in [-0.4, -0.2) is 4.57 Å². The molecule has 0 fully saturated rings. The van der Waals surface area contributed by atoms with E-state index in [1.165, 1.54) is 59.9 Å². The SMILES string of the molecule is c1cc(-c2ccc(N(c3ccc(-c4cc5ccccc5c5ccccc45)cc3)c3ccc(-c4cccc5oc6c7ccccc7ccc6c45)cc3)cc2)cc(-n2c3ccccc3c3ccccc32)c1. The minimum Gasteiger partial charge on any atom is -0.455 e. The molecule has 0 atom stereocenters. The van der Waals surface area contributed by atoms with Crippen LogP contribution in [0.5, 0.6) is 0 Å². The number of benzene rings is 12. The first-order valence-corrected chi connectivity index (χ1v) is 23.7. The molecule has 0 aliphatic carbocycles. The van der Waals surface area contributed by atoms with Crippen LogP contribution in [-0.2, 0) is 0 Å². The number of hydrogen-bond donors (Lipinski definition) is 0. The van der Waals surface area contributed by atoms with Crippen LogP contribution in [0.4, 0.5) is 17.1 Å². The van der Waals surface area contributed by atoms with Gasteiger partial charge in [-0.05, 0) is 139 Å². The lowest BCUT2D eigenvalue weighted by atomic mass is 9.93. The summed E-state index contributed by atoms with van der Waals surface area (Å²) in [6.45, 7) is 0. The Kier molecular flexibility index (Phi) is 8.90. The molecule has 0 saturated heterocycles. The summed E-state index contributed by atoms with van der Waals surface area (Å²) in [7, 11) is 0. The number of anilines is 3. The molecule has 14 rings (SSSR count). The first-order chi connectivity index (χ1) is 34.2. The average Bonchev–Trinajstić information content (AvgIpc) is 3.98. The predicted octanol–water partition coefficient (Wildman–Crippen LogP) is 18.6. The molecule has 3 heteroatoms. The molecule has 0 unspecified atom stereocenters. The Labute approximate surface area is 399 Å². The summed E-state index contributed by atoms with van der Waals surface area (Å²) in [5.74, 6) is 0. The standard InChI is InChI=1S/C66H42N2O/c1-4-18-55-44(13-1)33-40-60-65-54(23-12-26-64(65)69-66(55)60)45-29-36-50(37-30-45)67(51-38-31-46(32-39-51)61-42-48-14-2-3-17-53(48)56-19-5-6-20-57(56)61)49-34-27-43(28-35-49)47-15-11-16-52(41-47)68-62-24-9-7-21-58(62)59-22-8-10-25-63(59)68/h1-42H. The van der Waals surface area contributed by atoms with E-state index < -0.39 is 0 Å². The Morgan fingerprint density at radius 1 is 0.304 bits per heavy atom. The lowest BCUT2D eigenvalue weighted by Crippen LogP contribution is -2.09. The molecule has 14 aromatic rings. The van der Waals surface area contributed by atoms with Crippen molar-refractivity contribution in [2.75, 3.05) is 4.90 Å². The van der Waals surface area contributed by atoms with E-state index in [9.17, 15) is 0 Å². The second-order valence-corrected chi connectivity index (χ2v) is 18.0. The second kappa shape index (κ2) is 15.7. The highest BCUT2D eigenvalue weighted by Crippen LogP contribution is 2.43. The Hall–Kier alpha value is -9.18. The maximum atomic E-state index is 6.58. The van der Waals surface area contributed by atoms with Gasteiger partial charge in [0, 0.05) is 49.7 Å². The lowest BCUT2D eigenvalue weighted by molar-refractivity contribution is 0.673. The molecule has 0 bridgehead atoms. The topological polar surface area (TPSA) is 21.3 Å². The third-order valence-corrected chi connectivity index (χ3v) is 14.2. The summed E-state index contributed by atoms with van der Waals surface area (Å²) in [5, 5.41) is 12.1. The van der Waals surface area contributed by atoms with Gasteiger partial charge in [0.05, 0.1) is 11.0 Å². The number of para-hydroxylation sites is 2. The van der Waals surface area contributed by atoms with Gasteiger partial charge in [0.15, 0.2) is 0 Å². The fourth-order valence-electron chi connectivity index (χ4n) is 10.9. The monoisotopic (exact) mass is 878 g/mol. The van der Waals surface area contributed by atoms with Crippen molar-refractivity contribution < 1.29 is 4.42 Å². The highest BCUT2D eigenvalue weighted by Gasteiger charge is 2.19. The van der Waals surface area contributed by atoms with Crippen molar-refractivity contribution in [3.63, 3.8) is 0 Å². The smallest absolute Gasteiger partial charge is 0.143 e. The first kappa shape index (κ1) is 39.0. The van der Waals surface area contributed by atoms with Gasteiger partial charge in [-0.25, -0.2) is 0 Å². The van der Waals surface area contributed by atoms with Crippen LogP contribution < -0.4 is 4.90 Å². The first-order valence-electron chi connectivity index (χ1n) is 23.7. The van der Waals surface area contributed by atoms with Crippen molar-refractivity contribution in [2.24, 2.45) is 0 Å². The quantitative estimate of drug-likeness (QED) is 0.149. The van der Waals surface area contributed by atoms with Crippen molar-refractivity contribution in [3.8, 4) is 39.1 Å². The molecule has 0 radical (unpaired) electrons. The second-order valence-electron chi connectivity index (χ2n) is 18.0. The molecular formula is C66H42N2O. The largest absolute Gasteiger partial charge is 0.455 e. The van der Waals surface area contributed by atoms with Crippen LogP contribution in [0.2, 0.25) is 0 Å². The predicted molar refractivity (Wildman–Crippen MR) is 292 cm³/mol. The zero-order valence-electron chi connectivity index (χ0n) is 37.6. The van der Waals surface area contributed by atoms with Crippen molar-refractivity contribution in [1.82, 2.24) is 4.57 Å². The molecule has 3 nitrogen and oxygen atoms in total. The number of fused-ring (bicyclic) bond motifs is 11. The molecule has 0 spiro atoms. The molecular weight excluding hydrogens is 837 g/mol. The summed E-state index contributed by atoms with van der Waals surface area (Å²) >= 11 is 0. The Morgan fingerprint density at radius 2 is 0.841 bits per heavy atom. The minimum atomic E-state index is 0.893. The van der Waals surface area contributed by atoms with Crippen molar-refractivity contribution in [3.05, 3.63) is 255 Å². The Morgan fingerprint density at radius 3 is 1.52 bits per heavy atom. The molecule has 322 valence electrons. The van der Waals surface area contributed by atoms with Crippen LogP contribution in [0.25, 0.3) is 115 Å². The molecule has 0 N–H and O–H groups in total. The number of furan rings is 1. The van der Waals surface area contributed by atoms with E-state index in [0.717, 1.165) is 72.3 Å². The van der Waals surface area contributed by atoms with E-state index in [1.54, 1.807) is 0 Å². The van der Waals surface area contributed by atoms with Gasteiger partial charge in [-0.1, -0.05) is 176 Å². The van der Waals surface area contributed by atoms with Gasteiger partial charge < -0.3 is 13.9 Å². The molecule has 2 heterocycles. The molecule has 0 aliphatic rings. The van der Waals surface area contributed by atoms with Gasteiger partial charge in [-0.15, -0.1) is 0 Å². The van der Waals surface area contributed by atoms with Gasteiger partial charge >= 0.3 is 0 Å². The van der Waals surface area contributed by atoms with E-state index >= 15 is 0 Å². The maximum absolute atomic E-state index is 6.58. The molecule has 2 aromatic heterocycles. The van der Waals surface area contributed by atoms with E-state index in [0.29, 0.717) is 0 Å². The number of rotatable bonds is 7. The third kappa shape index (κ3) is 6.36. The van der Waals surface area contributed by atoms with Gasteiger partial charge in [-0.3, -0.25) is 0 Å². The third-order valence-electron chi connectivity index (χ3n) is 14.2. The maximum Gasteiger partial charge on any atom is 0.143 e. The average molecular weight is 879 g/mol. The summed E-state index contributed by atoms with van der Waals surface area (Å²) in [5.41, 5.74) is 15.6. The van der Waals surface area contributed by atoms with Crippen molar-refractivity contribution in [2.45, 2.75) is 0 Å². The van der Waals surface area contributed by atoms with Crippen LogP contribution in [0.3, 0.4) is 0 Å². The minimum absolute atomic E-state index is 0.893. The summed E-state index contributed by atoms with van der Waals surface area (Å²) < 4.78 is 8.97. The van der Waals surface area contributed by atoms with E-state index in [1.807, 2.05) is 0 Å². The van der Waals surface area contributed by atoms with Crippen LogP contribution >= 0.6 is 0 Å². The molecule has 0 aliphatic heterocycles. The zero-order chi connectivity index (χ0) is 45.4. The fourth-order valence-corrected chi connectivity index (χ4v) is 10.9. The fraction of sp³-hybridized carbons (Fsp3) is 0. The highest BCUT2D eigenvalue weighted by atomic mass is 16.3.